The van der Waals surface area contributed by atoms with Crippen molar-refractivity contribution >= 4 is 18.6 Å². The Hall–Kier alpha value is -2.39. The molecule has 0 unspecified atom stereocenters. The van der Waals surface area contributed by atoms with Crippen LogP contribution in [-0.4, -0.2) is 50.3 Å². The van der Waals surface area contributed by atoms with Crippen LogP contribution in [0.25, 0.3) is 11.3 Å². The zero-order valence-corrected chi connectivity index (χ0v) is 10.6. The van der Waals surface area contributed by atoms with E-state index in [9.17, 15) is 9.90 Å². The van der Waals surface area contributed by atoms with Crippen LogP contribution < -0.4 is 5.46 Å². The van der Waals surface area contributed by atoms with Crippen LogP contribution in [0.4, 0.5) is 0 Å². The number of nitrogens with one attached hydrogen (secondary N) is 1. The fourth-order valence-corrected chi connectivity index (χ4v) is 1.66. The van der Waals surface area contributed by atoms with Crippen molar-refractivity contribution in [3.05, 3.63) is 23.9 Å². The molecule has 9 heteroatoms. The number of hydrogen-bond donors (Lipinski definition) is 4. The Morgan fingerprint density at radius 3 is 2.80 bits per heavy atom. The summed E-state index contributed by atoms with van der Waals surface area (Å²) in [4.78, 5) is 11.7. The molecule has 0 spiro atoms. The predicted molar refractivity (Wildman–Crippen MR) is 69.3 cm³/mol. The fraction of sp³-hybridized carbons (Fsp3) is 0.182. The smallest absolute Gasteiger partial charge is 0.488 e. The molecular weight excluding hydrogens is 265 g/mol. The molecule has 1 aromatic carbocycles. The molecular formula is C11H12BN3O5. The van der Waals surface area contributed by atoms with Crippen molar-refractivity contribution in [3.8, 4) is 17.0 Å². The van der Waals surface area contributed by atoms with Gasteiger partial charge in [0.05, 0.1) is 6.61 Å². The lowest BCUT2D eigenvalue weighted by molar-refractivity contribution is 0.0520. The molecule has 8 nitrogen and oxygen atoms in total. The van der Waals surface area contributed by atoms with Crippen LogP contribution in [0.15, 0.2) is 18.2 Å². The highest BCUT2D eigenvalue weighted by Gasteiger charge is 2.23. The monoisotopic (exact) mass is 277 g/mol. The van der Waals surface area contributed by atoms with Gasteiger partial charge in [0, 0.05) is 5.56 Å². The van der Waals surface area contributed by atoms with E-state index in [2.05, 4.69) is 15.4 Å². The number of aromatic hydroxyl groups is 1. The quantitative estimate of drug-likeness (QED) is 0.418. The fourth-order valence-electron chi connectivity index (χ4n) is 1.66. The first-order chi connectivity index (χ1) is 9.54. The average Bonchev–Trinajstić information content (AvgIpc) is 2.88. The van der Waals surface area contributed by atoms with Crippen molar-refractivity contribution in [2.75, 3.05) is 6.61 Å². The van der Waals surface area contributed by atoms with E-state index in [0.717, 1.165) is 0 Å². The van der Waals surface area contributed by atoms with Crippen LogP contribution in [0.2, 0.25) is 0 Å². The van der Waals surface area contributed by atoms with Crippen molar-refractivity contribution in [2.45, 2.75) is 6.92 Å². The summed E-state index contributed by atoms with van der Waals surface area (Å²) < 4.78 is 4.82. The van der Waals surface area contributed by atoms with Gasteiger partial charge in [-0.25, -0.2) is 4.79 Å². The standard InChI is InChI=1S/C11H12BN3O5/c1-2-20-11(17)10-9(13-15-14-10)7-5-6(12(18)19)3-4-8(7)16/h3-5,16,18-19H,2H2,1H3,(H,13,14,15). The molecule has 2 rings (SSSR count). The number of aromatic amines is 1. The summed E-state index contributed by atoms with van der Waals surface area (Å²) in [5, 5.41) is 37.8. The van der Waals surface area contributed by atoms with Crippen molar-refractivity contribution in [1.29, 1.82) is 0 Å². The van der Waals surface area contributed by atoms with Crippen molar-refractivity contribution in [2.24, 2.45) is 0 Å². The van der Waals surface area contributed by atoms with Crippen LogP contribution in [0.3, 0.4) is 0 Å². The van der Waals surface area contributed by atoms with E-state index >= 15 is 0 Å². The molecule has 0 bridgehead atoms. The number of nitrogens with zero attached hydrogens (tertiary/aromatic N) is 2. The highest BCUT2D eigenvalue weighted by molar-refractivity contribution is 6.58. The summed E-state index contributed by atoms with van der Waals surface area (Å²) in [5.74, 6) is -0.862. The number of carbonyl (C=O) groups is 1. The highest BCUT2D eigenvalue weighted by Crippen LogP contribution is 2.28. The molecule has 1 heterocycles. The van der Waals surface area contributed by atoms with E-state index in [-0.39, 0.29) is 34.8 Å². The summed E-state index contributed by atoms with van der Waals surface area (Å²) in [6.07, 6.45) is 0. The minimum atomic E-state index is -1.70. The Morgan fingerprint density at radius 2 is 2.15 bits per heavy atom. The molecule has 0 saturated carbocycles. The summed E-state index contributed by atoms with van der Waals surface area (Å²) in [6.45, 7) is 1.82. The molecule has 0 saturated heterocycles. The zero-order valence-electron chi connectivity index (χ0n) is 10.6. The van der Waals surface area contributed by atoms with Gasteiger partial charge in [-0.2, -0.15) is 10.3 Å². The number of H-pyrrole nitrogens is 1. The van der Waals surface area contributed by atoms with Gasteiger partial charge < -0.3 is 19.9 Å². The minimum absolute atomic E-state index is 0.0726. The number of phenolic OH excluding ortho intramolecular Hbond substituents is 1. The van der Waals surface area contributed by atoms with Crippen LogP contribution in [0, 0.1) is 0 Å². The molecule has 0 amide bonds. The van der Waals surface area contributed by atoms with Crippen LogP contribution in [0.1, 0.15) is 17.4 Å². The topological polar surface area (TPSA) is 129 Å². The summed E-state index contributed by atoms with van der Waals surface area (Å²) in [6, 6.07) is 3.92. The van der Waals surface area contributed by atoms with Gasteiger partial charge in [-0.15, -0.1) is 5.10 Å². The maximum absolute atomic E-state index is 11.7. The molecule has 104 valence electrons. The van der Waals surface area contributed by atoms with Gasteiger partial charge in [-0.3, -0.25) is 0 Å². The molecule has 0 aliphatic rings. The van der Waals surface area contributed by atoms with Crippen molar-refractivity contribution < 1.29 is 24.7 Å². The second-order valence-corrected chi connectivity index (χ2v) is 3.89. The third kappa shape index (κ3) is 2.63. The third-order valence-electron chi connectivity index (χ3n) is 2.59. The van der Waals surface area contributed by atoms with Crippen LogP contribution >= 0.6 is 0 Å². The van der Waals surface area contributed by atoms with Gasteiger partial charge in [0.2, 0.25) is 0 Å². The van der Waals surface area contributed by atoms with Crippen LogP contribution in [-0.2, 0) is 4.74 Å². The Balaban J connectivity index is 2.49. The normalized spacial score (nSPS) is 10.3. The van der Waals surface area contributed by atoms with Gasteiger partial charge in [0.1, 0.15) is 11.4 Å². The number of ether oxygens (including phenoxy) is 1. The van der Waals surface area contributed by atoms with E-state index < -0.39 is 13.1 Å². The van der Waals surface area contributed by atoms with Gasteiger partial charge in [-0.1, -0.05) is 6.07 Å². The first-order valence-electron chi connectivity index (χ1n) is 5.82. The number of rotatable bonds is 4. The average molecular weight is 277 g/mol. The molecule has 0 aliphatic heterocycles. The van der Waals surface area contributed by atoms with E-state index in [1.54, 1.807) is 6.92 Å². The van der Waals surface area contributed by atoms with Gasteiger partial charge >= 0.3 is 13.1 Å². The maximum atomic E-state index is 11.7. The molecule has 1 aromatic heterocycles. The number of aromatic nitrogens is 3. The molecule has 0 atom stereocenters. The lowest BCUT2D eigenvalue weighted by Gasteiger charge is -2.06. The summed E-state index contributed by atoms with van der Waals surface area (Å²) in [7, 11) is -1.70. The number of benzene rings is 1. The molecule has 4 N–H and O–H groups in total. The molecule has 0 aliphatic carbocycles. The van der Waals surface area contributed by atoms with Gasteiger partial charge in [-0.05, 0) is 24.5 Å². The van der Waals surface area contributed by atoms with Gasteiger partial charge in [0.15, 0.2) is 5.69 Å². The molecule has 0 fully saturated rings. The Bertz CT molecular complexity index is 628. The number of esters is 1. The molecule has 2 aromatic rings. The van der Waals surface area contributed by atoms with Crippen LogP contribution in [0.5, 0.6) is 5.75 Å². The SMILES string of the molecule is CCOC(=O)c1n[nH]nc1-c1cc(B(O)O)ccc1O. The molecule has 0 radical (unpaired) electrons. The number of carbonyl (C=O) groups excluding carboxylic acids is 1. The number of hydrogen-bond acceptors (Lipinski definition) is 7. The van der Waals surface area contributed by atoms with E-state index in [0.29, 0.717) is 0 Å². The third-order valence-corrected chi connectivity index (χ3v) is 2.59. The van der Waals surface area contributed by atoms with E-state index in [4.69, 9.17) is 14.8 Å². The molecule has 20 heavy (non-hydrogen) atoms. The Labute approximate surface area is 114 Å². The predicted octanol–water partition coefficient (Wildman–Crippen LogP) is -0.966. The van der Waals surface area contributed by atoms with Crippen molar-refractivity contribution in [3.63, 3.8) is 0 Å². The van der Waals surface area contributed by atoms with Crippen molar-refractivity contribution in [1.82, 2.24) is 15.4 Å². The van der Waals surface area contributed by atoms with Gasteiger partial charge in [0.25, 0.3) is 0 Å². The summed E-state index contributed by atoms with van der Waals surface area (Å²) in [5.41, 5.74) is 0.276. The van der Waals surface area contributed by atoms with E-state index in [1.165, 1.54) is 18.2 Å². The second kappa shape index (κ2) is 5.72. The van der Waals surface area contributed by atoms with E-state index in [1.807, 2.05) is 0 Å². The number of phenols is 1. The lowest BCUT2D eigenvalue weighted by atomic mass is 9.79. The first-order valence-corrected chi connectivity index (χ1v) is 5.82. The Morgan fingerprint density at radius 1 is 1.40 bits per heavy atom. The lowest BCUT2D eigenvalue weighted by Crippen LogP contribution is -2.29. The summed E-state index contributed by atoms with van der Waals surface area (Å²) >= 11 is 0. The zero-order chi connectivity index (χ0) is 14.7. The largest absolute Gasteiger partial charge is 0.507 e. The second-order valence-electron chi connectivity index (χ2n) is 3.89. The highest BCUT2D eigenvalue weighted by atomic mass is 16.5. The minimum Gasteiger partial charge on any atom is -0.507 e. The first kappa shape index (κ1) is 14.0. The maximum Gasteiger partial charge on any atom is 0.488 e. The Kier molecular flexibility index (Phi) is 4.01.